The SMILES string of the molecule is CCCCCCCCCCCCCC(=O)OCC(O)COP(=O)([O-])[O-].C[N+](C)(C)CCO.C[N+](C)(C)CCO. The molecule has 0 saturated carbocycles. The highest BCUT2D eigenvalue weighted by Gasteiger charge is 2.10. The average molecular weight is 589 g/mol. The molecule has 0 bridgehead atoms. The molecule has 0 aromatic heterocycles. The van der Waals surface area contributed by atoms with Crippen LogP contribution in [-0.2, 0) is 18.6 Å². The molecule has 0 saturated heterocycles. The summed E-state index contributed by atoms with van der Waals surface area (Å²) in [5, 5.41) is 26.1. The minimum atomic E-state index is -5.11. The maximum Gasteiger partial charge on any atom is 0.305 e. The second-order valence-electron chi connectivity index (χ2n) is 11.8. The van der Waals surface area contributed by atoms with Crippen LogP contribution >= 0.6 is 7.82 Å². The van der Waals surface area contributed by atoms with Crippen molar-refractivity contribution >= 4 is 13.8 Å². The van der Waals surface area contributed by atoms with Crippen molar-refractivity contribution in [3.63, 3.8) is 0 Å². The Bertz CT molecular complexity index is 575. The zero-order valence-electron chi connectivity index (χ0n) is 25.9. The van der Waals surface area contributed by atoms with Gasteiger partial charge in [-0.25, -0.2) is 0 Å². The summed E-state index contributed by atoms with van der Waals surface area (Å²) >= 11 is 0. The molecule has 12 heteroatoms. The predicted molar refractivity (Wildman–Crippen MR) is 152 cm³/mol. The Morgan fingerprint density at radius 2 is 1.13 bits per heavy atom. The molecular weight excluding hydrogens is 527 g/mol. The molecule has 0 heterocycles. The van der Waals surface area contributed by atoms with Crippen LogP contribution < -0.4 is 9.79 Å². The van der Waals surface area contributed by atoms with Crippen molar-refractivity contribution in [2.45, 2.75) is 90.1 Å². The van der Waals surface area contributed by atoms with Crippen LogP contribution in [0.4, 0.5) is 0 Å². The lowest BCUT2D eigenvalue weighted by atomic mass is 10.1. The van der Waals surface area contributed by atoms with Gasteiger partial charge in [-0.1, -0.05) is 71.1 Å². The number of unbranched alkanes of at least 4 members (excludes halogenated alkanes) is 10. The monoisotopic (exact) mass is 588 g/mol. The number of likely N-dealkylation sites (N-methyl/N-ethyl adjacent to an activating group) is 2. The van der Waals surface area contributed by atoms with Crippen molar-refractivity contribution in [1.82, 2.24) is 0 Å². The van der Waals surface area contributed by atoms with Gasteiger partial charge in [0.25, 0.3) is 0 Å². The fourth-order valence-corrected chi connectivity index (χ4v) is 3.37. The van der Waals surface area contributed by atoms with Gasteiger partial charge in [0.15, 0.2) is 0 Å². The smallest absolute Gasteiger partial charge is 0.305 e. The van der Waals surface area contributed by atoms with Gasteiger partial charge in [0, 0.05) is 6.42 Å². The zero-order valence-corrected chi connectivity index (χ0v) is 26.8. The highest BCUT2D eigenvalue weighted by atomic mass is 31.2. The Labute approximate surface area is 238 Å². The third-order valence-electron chi connectivity index (χ3n) is 5.39. The van der Waals surface area contributed by atoms with Crippen molar-refractivity contribution in [2.75, 3.05) is 81.8 Å². The van der Waals surface area contributed by atoms with Crippen molar-refractivity contribution in [3.05, 3.63) is 0 Å². The van der Waals surface area contributed by atoms with Crippen molar-refractivity contribution in [1.29, 1.82) is 0 Å². The topological polar surface area (TPSA) is 159 Å². The molecule has 1 unspecified atom stereocenters. The van der Waals surface area contributed by atoms with Gasteiger partial charge in [0.2, 0.25) is 0 Å². The summed E-state index contributed by atoms with van der Waals surface area (Å²) in [7, 11) is 7.20. The van der Waals surface area contributed by atoms with E-state index in [1.807, 2.05) is 0 Å². The number of aliphatic hydroxyl groups excluding tert-OH is 3. The quantitative estimate of drug-likeness (QED) is 0.0786. The van der Waals surface area contributed by atoms with E-state index in [1.165, 1.54) is 51.4 Å². The molecule has 11 nitrogen and oxygen atoms in total. The number of aliphatic hydroxyl groups is 3. The lowest BCUT2D eigenvalue weighted by Crippen LogP contribution is -2.36. The first-order valence-electron chi connectivity index (χ1n) is 14.3. The summed E-state index contributed by atoms with van der Waals surface area (Å²) in [5.74, 6) is -0.442. The second kappa shape index (κ2) is 26.3. The number of esters is 1. The first-order chi connectivity index (χ1) is 18.0. The largest absolute Gasteiger partial charge is 0.790 e. The van der Waals surface area contributed by atoms with Crippen molar-refractivity contribution in [2.24, 2.45) is 0 Å². The number of quaternary nitrogens is 2. The first-order valence-corrected chi connectivity index (χ1v) is 15.8. The molecule has 0 aromatic rings. The van der Waals surface area contributed by atoms with E-state index in [-0.39, 0.29) is 26.2 Å². The van der Waals surface area contributed by atoms with E-state index in [1.54, 1.807) is 0 Å². The molecule has 0 aliphatic heterocycles. The lowest BCUT2D eigenvalue weighted by Gasteiger charge is -2.29. The van der Waals surface area contributed by atoms with Crippen LogP contribution in [0.1, 0.15) is 84.0 Å². The van der Waals surface area contributed by atoms with E-state index in [2.05, 4.69) is 53.7 Å². The Balaban J connectivity index is -0.000000752. The Morgan fingerprint density at radius 1 is 0.744 bits per heavy atom. The minimum absolute atomic E-state index is 0.270. The summed E-state index contributed by atoms with van der Waals surface area (Å²) < 4.78 is 20.6. The molecule has 1 atom stereocenters. The Morgan fingerprint density at radius 3 is 1.44 bits per heavy atom. The van der Waals surface area contributed by atoms with Crippen LogP contribution in [0.5, 0.6) is 0 Å². The fraction of sp³-hybridized carbons (Fsp3) is 0.963. The number of phosphoric acid groups is 1. The van der Waals surface area contributed by atoms with E-state index in [4.69, 9.17) is 14.9 Å². The van der Waals surface area contributed by atoms with Gasteiger partial charge >= 0.3 is 5.97 Å². The van der Waals surface area contributed by atoms with Gasteiger partial charge in [-0.05, 0) is 6.42 Å². The number of carbonyl (C=O) groups excluding carboxylic acids is 1. The third-order valence-corrected chi connectivity index (χ3v) is 5.85. The number of ether oxygens (including phenoxy) is 1. The molecule has 238 valence electrons. The van der Waals surface area contributed by atoms with Gasteiger partial charge in [-0.15, -0.1) is 0 Å². The van der Waals surface area contributed by atoms with Gasteiger partial charge in [0.1, 0.15) is 25.8 Å². The molecule has 0 aliphatic carbocycles. The number of rotatable bonds is 21. The van der Waals surface area contributed by atoms with Crippen molar-refractivity contribution in [3.8, 4) is 0 Å². The van der Waals surface area contributed by atoms with Crippen LogP contribution in [0.25, 0.3) is 0 Å². The van der Waals surface area contributed by atoms with E-state index in [0.717, 1.165) is 41.3 Å². The highest BCUT2D eigenvalue weighted by Crippen LogP contribution is 2.24. The number of hydrogen-bond donors (Lipinski definition) is 3. The summed E-state index contributed by atoms with van der Waals surface area (Å²) in [6.07, 6.45) is 12.0. The van der Waals surface area contributed by atoms with E-state index < -0.39 is 26.5 Å². The Hall–Kier alpha value is -0.620. The number of nitrogens with zero attached hydrogens (tertiary/aromatic N) is 2. The van der Waals surface area contributed by atoms with E-state index in [9.17, 15) is 24.3 Å². The number of phosphoric ester groups is 1. The van der Waals surface area contributed by atoms with Crippen molar-refractivity contribution < 1.29 is 52.7 Å². The second-order valence-corrected chi connectivity index (χ2v) is 13.0. The minimum Gasteiger partial charge on any atom is -0.790 e. The molecule has 0 spiro atoms. The number of hydrogen-bond acceptors (Lipinski definition) is 9. The Kier molecular flexibility index (Phi) is 28.9. The van der Waals surface area contributed by atoms with Crippen LogP contribution in [0, 0.1) is 0 Å². The van der Waals surface area contributed by atoms with E-state index in [0.29, 0.717) is 0 Å². The summed E-state index contributed by atoms with van der Waals surface area (Å²) in [4.78, 5) is 31.9. The average Bonchev–Trinajstić information content (AvgIpc) is 2.78. The van der Waals surface area contributed by atoms with E-state index >= 15 is 0 Å². The summed E-state index contributed by atoms with van der Waals surface area (Å²) in [6.45, 7) is 3.37. The van der Waals surface area contributed by atoms with Crippen LogP contribution in [0.15, 0.2) is 0 Å². The molecule has 0 amide bonds. The predicted octanol–water partition coefficient (Wildman–Crippen LogP) is 1.81. The van der Waals surface area contributed by atoms with Gasteiger partial charge in [-0.3, -0.25) is 4.79 Å². The molecule has 3 N–H and O–H groups in total. The molecule has 39 heavy (non-hydrogen) atoms. The molecule has 0 aromatic carbocycles. The molecule has 0 aliphatic rings. The maximum atomic E-state index is 11.5. The zero-order chi connectivity index (χ0) is 30.8. The maximum absolute atomic E-state index is 11.5. The molecular formula is C27H61N2O9P. The highest BCUT2D eigenvalue weighted by molar-refractivity contribution is 7.43. The normalized spacial score (nSPS) is 12.6. The number of carbonyl (C=O) groups is 1. The first kappa shape index (κ1) is 42.8. The van der Waals surface area contributed by atoms with Gasteiger partial charge in [0.05, 0.1) is 69.9 Å². The van der Waals surface area contributed by atoms with Crippen LogP contribution in [0.2, 0.25) is 0 Å². The standard InChI is InChI=1S/C17H35O7P.2C5H14NO/c1-2-3-4-5-6-7-8-9-10-11-12-13-17(19)23-14-16(18)15-24-25(20,21)22;2*1-6(2,3)4-5-7/h16,18H,2-15H2,1H3,(H2,20,21,22);2*7H,4-5H2,1-3H3/q;2*+1/p-2. The lowest BCUT2D eigenvalue weighted by molar-refractivity contribution is -0.870. The van der Waals surface area contributed by atoms with Gasteiger partial charge in [-0.2, -0.15) is 0 Å². The van der Waals surface area contributed by atoms with Crippen LogP contribution in [0.3, 0.4) is 0 Å². The fourth-order valence-electron chi connectivity index (χ4n) is 3.02. The third kappa shape index (κ3) is 47.5. The summed E-state index contributed by atoms with van der Waals surface area (Å²) in [6, 6.07) is 0. The van der Waals surface area contributed by atoms with Crippen LogP contribution in [-0.4, -0.2) is 118 Å². The molecule has 0 rings (SSSR count). The molecule has 0 radical (unpaired) electrons. The molecule has 0 fully saturated rings. The van der Waals surface area contributed by atoms with Gasteiger partial charge < -0.3 is 47.9 Å². The summed E-state index contributed by atoms with van der Waals surface area (Å²) in [5.41, 5.74) is 0.